The number of carbonyl (C=O) groups excluding carboxylic acids is 4. The molecular weight excluding hydrogens is 304 g/mol. The van der Waals surface area contributed by atoms with E-state index in [0.29, 0.717) is 32.1 Å². The van der Waals surface area contributed by atoms with Crippen LogP contribution in [-0.2, 0) is 19.2 Å². The predicted octanol–water partition coefficient (Wildman–Crippen LogP) is 4.48. The van der Waals surface area contributed by atoms with Crippen molar-refractivity contribution in [3.63, 3.8) is 0 Å². The van der Waals surface area contributed by atoms with Crippen molar-refractivity contribution >= 4 is 23.6 Å². The van der Waals surface area contributed by atoms with Crippen molar-refractivity contribution in [3.8, 4) is 0 Å². The van der Waals surface area contributed by atoms with Gasteiger partial charge < -0.3 is 4.79 Å². The third kappa shape index (κ3) is 9.74. The van der Waals surface area contributed by atoms with E-state index < -0.39 is 0 Å². The molecule has 0 spiro atoms. The Labute approximate surface area is 146 Å². The fourth-order valence-corrected chi connectivity index (χ4v) is 2.57. The Morgan fingerprint density at radius 2 is 1.42 bits per heavy atom. The van der Waals surface area contributed by atoms with Crippen molar-refractivity contribution in [1.29, 1.82) is 0 Å². The minimum absolute atomic E-state index is 0.136. The standard InChI is InChI=1S/C20H34O4/c1-16(20(3,4)17(2)22)10-9-12-19(24)14-13-18(23)11-7-5-6-8-15-21/h15-16H,5-14H2,1-4H3. The molecule has 24 heavy (non-hydrogen) atoms. The van der Waals surface area contributed by atoms with Crippen LogP contribution in [0.1, 0.15) is 91.9 Å². The maximum absolute atomic E-state index is 11.9. The Morgan fingerprint density at radius 1 is 0.875 bits per heavy atom. The summed E-state index contributed by atoms with van der Waals surface area (Å²) in [5.74, 6) is 0.702. The third-order valence-electron chi connectivity index (χ3n) is 5.19. The second-order valence-electron chi connectivity index (χ2n) is 7.41. The quantitative estimate of drug-likeness (QED) is 0.326. The Balaban J connectivity index is 3.81. The lowest BCUT2D eigenvalue weighted by Crippen LogP contribution is -2.29. The summed E-state index contributed by atoms with van der Waals surface area (Å²) in [6.45, 7) is 7.58. The van der Waals surface area contributed by atoms with Gasteiger partial charge in [-0.05, 0) is 38.5 Å². The fraction of sp³-hybridized carbons (Fsp3) is 0.800. The van der Waals surface area contributed by atoms with Gasteiger partial charge in [-0.15, -0.1) is 0 Å². The Morgan fingerprint density at radius 3 is 1.92 bits per heavy atom. The molecule has 4 heteroatoms. The smallest absolute Gasteiger partial charge is 0.135 e. The number of ketones is 3. The monoisotopic (exact) mass is 338 g/mol. The molecular formula is C20H34O4. The van der Waals surface area contributed by atoms with Crippen LogP contribution in [0.15, 0.2) is 0 Å². The van der Waals surface area contributed by atoms with Crippen LogP contribution in [0.4, 0.5) is 0 Å². The maximum Gasteiger partial charge on any atom is 0.135 e. The normalized spacial score (nSPS) is 12.7. The molecule has 0 aromatic carbocycles. The van der Waals surface area contributed by atoms with Gasteiger partial charge in [-0.3, -0.25) is 14.4 Å². The molecule has 0 heterocycles. The highest BCUT2D eigenvalue weighted by Crippen LogP contribution is 2.31. The molecule has 0 aliphatic heterocycles. The Bertz CT molecular complexity index is 423. The molecule has 1 atom stereocenters. The van der Waals surface area contributed by atoms with E-state index in [2.05, 4.69) is 6.92 Å². The van der Waals surface area contributed by atoms with E-state index in [1.54, 1.807) is 6.92 Å². The van der Waals surface area contributed by atoms with E-state index >= 15 is 0 Å². The summed E-state index contributed by atoms with van der Waals surface area (Å²) in [7, 11) is 0. The summed E-state index contributed by atoms with van der Waals surface area (Å²) in [4.78, 5) is 45.4. The first-order valence-corrected chi connectivity index (χ1v) is 9.19. The second-order valence-corrected chi connectivity index (χ2v) is 7.41. The molecule has 0 N–H and O–H groups in total. The van der Waals surface area contributed by atoms with E-state index in [1.807, 2.05) is 13.8 Å². The van der Waals surface area contributed by atoms with Crippen molar-refractivity contribution in [1.82, 2.24) is 0 Å². The van der Waals surface area contributed by atoms with Gasteiger partial charge in [0.2, 0.25) is 0 Å². The van der Waals surface area contributed by atoms with Crippen LogP contribution < -0.4 is 0 Å². The van der Waals surface area contributed by atoms with Crippen molar-refractivity contribution in [2.75, 3.05) is 0 Å². The van der Waals surface area contributed by atoms with Crippen LogP contribution in [0.2, 0.25) is 0 Å². The van der Waals surface area contributed by atoms with Crippen molar-refractivity contribution in [2.45, 2.75) is 91.9 Å². The van der Waals surface area contributed by atoms with Gasteiger partial charge in [-0.1, -0.05) is 27.2 Å². The van der Waals surface area contributed by atoms with Gasteiger partial charge in [0.15, 0.2) is 0 Å². The summed E-state index contributed by atoms with van der Waals surface area (Å²) in [6.07, 6.45) is 7.29. The van der Waals surface area contributed by atoms with Gasteiger partial charge >= 0.3 is 0 Å². The molecule has 0 aliphatic rings. The molecule has 138 valence electrons. The fourth-order valence-electron chi connectivity index (χ4n) is 2.57. The van der Waals surface area contributed by atoms with Crippen molar-refractivity contribution in [2.24, 2.45) is 11.3 Å². The number of aldehydes is 1. The average molecular weight is 338 g/mol. The average Bonchev–Trinajstić information content (AvgIpc) is 2.52. The van der Waals surface area contributed by atoms with Gasteiger partial charge in [0.05, 0.1) is 0 Å². The van der Waals surface area contributed by atoms with E-state index in [1.165, 1.54) is 0 Å². The van der Waals surface area contributed by atoms with E-state index in [-0.39, 0.29) is 28.7 Å². The second kappa shape index (κ2) is 12.1. The van der Waals surface area contributed by atoms with Gasteiger partial charge in [0.25, 0.3) is 0 Å². The zero-order valence-corrected chi connectivity index (χ0v) is 15.9. The molecule has 0 saturated heterocycles. The lowest BCUT2D eigenvalue weighted by Gasteiger charge is -2.29. The molecule has 0 bridgehead atoms. The van der Waals surface area contributed by atoms with Crippen LogP contribution in [0, 0.1) is 11.3 Å². The summed E-state index contributed by atoms with van der Waals surface area (Å²) in [6, 6.07) is 0. The third-order valence-corrected chi connectivity index (χ3v) is 5.19. The van der Waals surface area contributed by atoms with Gasteiger partial charge in [0.1, 0.15) is 23.6 Å². The summed E-state index contributed by atoms with van der Waals surface area (Å²) in [5, 5.41) is 0. The van der Waals surface area contributed by atoms with E-state index in [0.717, 1.165) is 38.4 Å². The molecule has 0 aliphatic carbocycles. The first kappa shape index (κ1) is 22.7. The number of hydrogen-bond acceptors (Lipinski definition) is 4. The number of rotatable bonds is 15. The van der Waals surface area contributed by atoms with Crippen LogP contribution >= 0.6 is 0 Å². The largest absolute Gasteiger partial charge is 0.303 e. The van der Waals surface area contributed by atoms with Gasteiger partial charge in [-0.2, -0.15) is 0 Å². The molecule has 0 rings (SSSR count). The highest BCUT2D eigenvalue weighted by Gasteiger charge is 2.30. The number of Topliss-reactive ketones (excluding diaryl/α,β-unsaturated/α-hetero) is 3. The first-order valence-electron chi connectivity index (χ1n) is 9.19. The topological polar surface area (TPSA) is 68.3 Å². The SMILES string of the molecule is CC(=O)C(C)(C)C(C)CCCC(=O)CCC(=O)CCCCCC=O. The van der Waals surface area contributed by atoms with Gasteiger partial charge in [-0.25, -0.2) is 0 Å². The van der Waals surface area contributed by atoms with Crippen LogP contribution in [0.25, 0.3) is 0 Å². The van der Waals surface area contributed by atoms with Crippen LogP contribution in [-0.4, -0.2) is 23.6 Å². The van der Waals surface area contributed by atoms with Crippen molar-refractivity contribution in [3.05, 3.63) is 0 Å². The Kier molecular flexibility index (Phi) is 11.4. The summed E-state index contributed by atoms with van der Waals surface area (Å²) < 4.78 is 0. The highest BCUT2D eigenvalue weighted by atomic mass is 16.1. The van der Waals surface area contributed by atoms with E-state index in [9.17, 15) is 19.2 Å². The maximum atomic E-state index is 11.9. The highest BCUT2D eigenvalue weighted by molar-refractivity contribution is 5.86. The zero-order valence-electron chi connectivity index (χ0n) is 15.9. The number of unbranched alkanes of at least 4 members (excludes halogenated alkanes) is 3. The molecule has 0 saturated carbocycles. The lowest BCUT2D eigenvalue weighted by atomic mass is 9.74. The minimum Gasteiger partial charge on any atom is -0.303 e. The van der Waals surface area contributed by atoms with Gasteiger partial charge in [0, 0.05) is 37.5 Å². The zero-order chi connectivity index (χ0) is 18.6. The molecule has 0 aromatic rings. The minimum atomic E-state index is -0.344. The first-order chi connectivity index (χ1) is 11.2. The molecule has 0 aromatic heterocycles. The van der Waals surface area contributed by atoms with Crippen LogP contribution in [0.5, 0.6) is 0 Å². The summed E-state index contributed by atoms with van der Waals surface area (Å²) in [5.41, 5.74) is -0.344. The molecule has 0 amide bonds. The number of carbonyl (C=O) groups is 4. The number of hydrogen-bond donors (Lipinski definition) is 0. The predicted molar refractivity (Wildman–Crippen MR) is 95.9 cm³/mol. The Hall–Kier alpha value is -1.32. The molecule has 1 unspecified atom stereocenters. The molecule has 4 nitrogen and oxygen atoms in total. The van der Waals surface area contributed by atoms with Crippen molar-refractivity contribution < 1.29 is 19.2 Å². The lowest BCUT2D eigenvalue weighted by molar-refractivity contribution is -0.127. The van der Waals surface area contributed by atoms with E-state index in [4.69, 9.17) is 0 Å². The van der Waals surface area contributed by atoms with Crippen LogP contribution in [0.3, 0.4) is 0 Å². The molecule has 0 radical (unpaired) electrons. The molecule has 0 fully saturated rings. The summed E-state index contributed by atoms with van der Waals surface area (Å²) >= 11 is 0.